The predicted molar refractivity (Wildman–Crippen MR) is 94.7 cm³/mol. The Labute approximate surface area is 138 Å². The molecule has 0 atom stereocenters. The van der Waals surface area contributed by atoms with E-state index < -0.39 is 0 Å². The lowest BCUT2D eigenvalue weighted by Crippen LogP contribution is -2.37. The van der Waals surface area contributed by atoms with Gasteiger partial charge in [-0.1, -0.05) is 0 Å². The molecule has 0 aliphatic carbocycles. The molecule has 1 aromatic heterocycles. The maximum Gasteiger partial charge on any atom is 0.191 e. The molecule has 2 N–H and O–H groups in total. The zero-order valence-corrected chi connectivity index (χ0v) is 14.9. The second kappa shape index (κ2) is 9.10. The van der Waals surface area contributed by atoms with Crippen molar-refractivity contribution in [2.24, 2.45) is 4.99 Å². The maximum absolute atomic E-state index is 4.54. The number of guanidine groups is 1. The highest BCUT2D eigenvalue weighted by atomic mass is 32.1. The fourth-order valence-electron chi connectivity index (χ4n) is 2.67. The quantitative estimate of drug-likeness (QED) is 0.459. The smallest absolute Gasteiger partial charge is 0.191 e. The zero-order valence-electron chi connectivity index (χ0n) is 14.1. The highest BCUT2D eigenvalue weighted by Crippen LogP contribution is 2.15. The molecule has 0 spiro atoms. The number of nitrogens with one attached hydrogen (secondary N) is 2. The topological polar surface area (TPSA) is 52.6 Å². The van der Waals surface area contributed by atoms with Gasteiger partial charge in [-0.25, -0.2) is 4.98 Å². The number of aromatic nitrogens is 1. The van der Waals surface area contributed by atoms with Crippen molar-refractivity contribution in [3.8, 4) is 0 Å². The second-order valence-corrected chi connectivity index (χ2v) is 7.15. The van der Waals surface area contributed by atoms with Crippen LogP contribution in [0.4, 0.5) is 0 Å². The average Bonchev–Trinajstić information content (AvgIpc) is 3.12. The number of aryl methyl sites for hydroxylation is 2. The van der Waals surface area contributed by atoms with Gasteiger partial charge in [0.1, 0.15) is 5.01 Å². The molecule has 1 aliphatic rings. The van der Waals surface area contributed by atoms with E-state index in [1.165, 1.54) is 50.2 Å². The van der Waals surface area contributed by atoms with Crippen LogP contribution in [0.25, 0.3) is 0 Å². The Morgan fingerprint density at radius 3 is 2.64 bits per heavy atom. The summed E-state index contributed by atoms with van der Waals surface area (Å²) >= 11 is 1.75. The molecular formula is C16H29N5S. The Balaban J connectivity index is 1.58. The monoisotopic (exact) mass is 323 g/mol. The molecule has 0 unspecified atom stereocenters. The third-order valence-electron chi connectivity index (χ3n) is 4.10. The lowest BCUT2D eigenvalue weighted by atomic mass is 10.3. The summed E-state index contributed by atoms with van der Waals surface area (Å²) in [6.45, 7) is 9.72. The van der Waals surface area contributed by atoms with Gasteiger partial charge in [-0.2, -0.15) is 0 Å². The van der Waals surface area contributed by atoms with Gasteiger partial charge < -0.3 is 15.5 Å². The van der Waals surface area contributed by atoms with Gasteiger partial charge in [0, 0.05) is 18.5 Å². The van der Waals surface area contributed by atoms with E-state index in [1.807, 2.05) is 7.05 Å². The molecule has 1 fully saturated rings. The first-order valence-electron chi connectivity index (χ1n) is 8.29. The number of likely N-dealkylation sites (tertiary alicyclic amines) is 1. The van der Waals surface area contributed by atoms with E-state index in [0.717, 1.165) is 29.8 Å². The summed E-state index contributed by atoms with van der Waals surface area (Å²) in [6, 6.07) is 0. The molecule has 0 radical (unpaired) electrons. The molecule has 0 bridgehead atoms. The first-order valence-corrected chi connectivity index (χ1v) is 9.10. The number of hydrogen-bond donors (Lipinski definition) is 2. The molecule has 0 amide bonds. The maximum atomic E-state index is 4.54. The minimum atomic E-state index is 0.743. The van der Waals surface area contributed by atoms with Crippen LogP contribution in [0.15, 0.2) is 4.99 Å². The molecule has 6 heteroatoms. The Morgan fingerprint density at radius 1 is 1.23 bits per heavy atom. The van der Waals surface area contributed by atoms with Crippen LogP contribution in [0.3, 0.4) is 0 Å². The van der Waals surface area contributed by atoms with E-state index in [-0.39, 0.29) is 0 Å². The van der Waals surface area contributed by atoms with Crippen LogP contribution in [-0.4, -0.2) is 49.1 Å². The molecule has 22 heavy (non-hydrogen) atoms. The van der Waals surface area contributed by atoms with Gasteiger partial charge in [-0.15, -0.1) is 11.3 Å². The fraction of sp³-hybridized carbons (Fsp3) is 0.750. The zero-order chi connectivity index (χ0) is 15.8. The SMILES string of the molecule is CN=C(NCCCCN1CCCC1)NCc1nc(C)c(C)s1. The van der Waals surface area contributed by atoms with Gasteiger partial charge in [0.15, 0.2) is 5.96 Å². The molecule has 0 aromatic carbocycles. The summed E-state index contributed by atoms with van der Waals surface area (Å²) in [6.07, 6.45) is 5.20. The van der Waals surface area contributed by atoms with Gasteiger partial charge in [0.25, 0.3) is 0 Å². The minimum Gasteiger partial charge on any atom is -0.356 e. The standard InChI is InChI=1S/C16H29N5S/c1-13-14(2)22-15(20-13)12-19-16(17-3)18-8-4-5-9-21-10-6-7-11-21/h4-12H2,1-3H3,(H2,17,18,19). The number of thiazole rings is 1. The van der Waals surface area contributed by atoms with Crippen molar-refractivity contribution < 1.29 is 0 Å². The summed E-state index contributed by atoms with van der Waals surface area (Å²) in [5, 5.41) is 7.84. The van der Waals surface area contributed by atoms with Crippen molar-refractivity contribution in [1.29, 1.82) is 0 Å². The summed E-state index contributed by atoms with van der Waals surface area (Å²) in [4.78, 5) is 12.7. The van der Waals surface area contributed by atoms with Gasteiger partial charge in [0.2, 0.25) is 0 Å². The fourth-order valence-corrected chi connectivity index (χ4v) is 3.54. The highest BCUT2D eigenvalue weighted by Gasteiger charge is 2.10. The Morgan fingerprint density at radius 2 is 2.00 bits per heavy atom. The third-order valence-corrected chi connectivity index (χ3v) is 5.17. The Kier molecular flexibility index (Phi) is 7.12. The highest BCUT2D eigenvalue weighted by molar-refractivity contribution is 7.11. The van der Waals surface area contributed by atoms with E-state index in [9.17, 15) is 0 Å². The van der Waals surface area contributed by atoms with Crippen LogP contribution in [0, 0.1) is 13.8 Å². The first kappa shape index (κ1) is 17.2. The Hall–Kier alpha value is -1.14. The summed E-state index contributed by atoms with van der Waals surface area (Å²) in [5.41, 5.74) is 1.13. The van der Waals surface area contributed by atoms with Crippen LogP contribution in [0.1, 0.15) is 41.3 Å². The Bertz CT molecular complexity index is 457. The van der Waals surface area contributed by atoms with Crippen molar-refractivity contribution in [1.82, 2.24) is 20.5 Å². The van der Waals surface area contributed by atoms with Crippen molar-refractivity contribution in [3.05, 3.63) is 15.6 Å². The van der Waals surface area contributed by atoms with E-state index in [0.29, 0.717) is 0 Å². The second-order valence-electron chi connectivity index (χ2n) is 5.86. The van der Waals surface area contributed by atoms with Crippen molar-refractivity contribution in [2.75, 3.05) is 33.2 Å². The number of rotatable bonds is 7. The molecule has 2 rings (SSSR count). The third kappa shape index (κ3) is 5.57. The predicted octanol–water partition coefficient (Wildman–Crippen LogP) is 2.30. The molecule has 5 nitrogen and oxygen atoms in total. The van der Waals surface area contributed by atoms with E-state index in [4.69, 9.17) is 0 Å². The molecule has 2 heterocycles. The molecule has 0 saturated carbocycles. The van der Waals surface area contributed by atoms with Crippen LogP contribution in [0.5, 0.6) is 0 Å². The van der Waals surface area contributed by atoms with Gasteiger partial charge >= 0.3 is 0 Å². The summed E-state index contributed by atoms with van der Waals surface area (Å²) in [7, 11) is 1.82. The first-order chi connectivity index (χ1) is 10.7. The van der Waals surface area contributed by atoms with Crippen LogP contribution in [-0.2, 0) is 6.54 Å². The van der Waals surface area contributed by atoms with E-state index in [1.54, 1.807) is 11.3 Å². The number of nitrogens with zero attached hydrogens (tertiary/aromatic N) is 3. The lowest BCUT2D eigenvalue weighted by molar-refractivity contribution is 0.330. The lowest BCUT2D eigenvalue weighted by Gasteiger charge is -2.15. The number of unbranched alkanes of at least 4 members (excludes halogenated alkanes) is 1. The van der Waals surface area contributed by atoms with Crippen molar-refractivity contribution >= 4 is 17.3 Å². The van der Waals surface area contributed by atoms with Crippen LogP contribution in [0.2, 0.25) is 0 Å². The van der Waals surface area contributed by atoms with Crippen molar-refractivity contribution in [3.63, 3.8) is 0 Å². The minimum absolute atomic E-state index is 0.743. The van der Waals surface area contributed by atoms with Gasteiger partial charge in [0.05, 0.1) is 12.2 Å². The molecule has 1 saturated heterocycles. The van der Waals surface area contributed by atoms with Crippen LogP contribution >= 0.6 is 11.3 Å². The summed E-state index contributed by atoms with van der Waals surface area (Å²) in [5.74, 6) is 0.867. The molecule has 124 valence electrons. The average molecular weight is 324 g/mol. The molecular weight excluding hydrogens is 294 g/mol. The number of aliphatic imine (C=N–C) groups is 1. The number of hydrogen-bond acceptors (Lipinski definition) is 4. The van der Waals surface area contributed by atoms with Gasteiger partial charge in [-0.05, 0) is 59.2 Å². The van der Waals surface area contributed by atoms with Gasteiger partial charge in [-0.3, -0.25) is 4.99 Å². The molecule has 1 aromatic rings. The molecule has 1 aliphatic heterocycles. The van der Waals surface area contributed by atoms with E-state index >= 15 is 0 Å². The van der Waals surface area contributed by atoms with Crippen molar-refractivity contribution in [2.45, 2.75) is 46.1 Å². The largest absolute Gasteiger partial charge is 0.356 e. The normalized spacial score (nSPS) is 16.2. The van der Waals surface area contributed by atoms with Crippen LogP contribution < -0.4 is 10.6 Å². The summed E-state index contributed by atoms with van der Waals surface area (Å²) < 4.78 is 0. The van der Waals surface area contributed by atoms with E-state index in [2.05, 4.69) is 39.4 Å².